The molecule has 2 N–H and O–H groups in total. The first-order valence-electron chi connectivity index (χ1n) is 6.53. The molecule has 0 amide bonds. The first kappa shape index (κ1) is 17.1. The molecule has 0 aliphatic heterocycles. The van der Waals surface area contributed by atoms with Crippen molar-refractivity contribution in [2.75, 3.05) is 0 Å². The second-order valence-electron chi connectivity index (χ2n) is 4.85. The van der Waals surface area contributed by atoms with Crippen LogP contribution in [0.3, 0.4) is 0 Å². The lowest BCUT2D eigenvalue weighted by molar-refractivity contribution is 0.0697. The van der Waals surface area contributed by atoms with Crippen molar-refractivity contribution in [3.63, 3.8) is 0 Å². The summed E-state index contributed by atoms with van der Waals surface area (Å²) in [6, 6.07) is 10.2. The van der Waals surface area contributed by atoms with Gasteiger partial charge in [-0.05, 0) is 48.2 Å². The van der Waals surface area contributed by atoms with Crippen LogP contribution in [0.4, 0.5) is 0 Å². The van der Waals surface area contributed by atoms with E-state index in [1.54, 1.807) is 12.1 Å². The normalized spacial score (nSPS) is 12.2. The van der Waals surface area contributed by atoms with Crippen LogP contribution >= 0.6 is 34.8 Å². The number of benzene rings is 2. The Morgan fingerprint density at radius 2 is 1.59 bits per heavy atom. The van der Waals surface area contributed by atoms with E-state index in [1.165, 1.54) is 12.1 Å². The van der Waals surface area contributed by atoms with Gasteiger partial charge in [-0.1, -0.05) is 46.9 Å². The first-order chi connectivity index (χ1) is 10.4. The maximum Gasteiger partial charge on any atom is 0.338 e. The lowest BCUT2D eigenvalue weighted by atomic mass is 10.00. The lowest BCUT2D eigenvalue weighted by Gasteiger charge is -2.13. The maximum absolute atomic E-state index is 11.0. The van der Waals surface area contributed by atoms with E-state index in [1.807, 2.05) is 12.1 Å². The first-order valence-corrected chi connectivity index (χ1v) is 7.66. The zero-order valence-corrected chi connectivity index (χ0v) is 13.7. The van der Waals surface area contributed by atoms with Gasteiger partial charge < -0.3 is 10.2 Å². The van der Waals surface area contributed by atoms with Gasteiger partial charge in [-0.3, -0.25) is 0 Å². The number of carbonyl (C=O) groups is 1. The summed E-state index contributed by atoms with van der Waals surface area (Å²) in [4.78, 5) is 11.0. The number of hydrogen-bond donors (Lipinski definition) is 2. The van der Waals surface area contributed by atoms with E-state index in [2.05, 4.69) is 0 Å². The third-order valence-corrected chi connectivity index (χ3v) is 4.13. The number of aliphatic hydroxyl groups is 1. The van der Waals surface area contributed by atoms with Crippen LogP contribution in [-0.2, 0) is 6.42 Å². The predicted octanol–water partition coefficient (Wildman–Crippen LogP) is 5.01. The van der Waals surface area contributed by atoms with Crippen LogP contribution in [-0.4, -0.2) is 16.2 Å². The Morgan fingerprint density at radius 1 is 1.05 bits per heavy atom. The molecule has 0 bridgehead atoms. The van der Waals surface area contributed by atoms with Gasteiger partial charge in [-0.2, -0.15) is 0 Å². The minimum atomic E-state index is -1.20. The highest BCUT2D eigenvalue weighted by Crippen LogP contribution is 2.30. The van der Waals surface area contributed by atoms with E-state index in [0.29, 0.717) is 23.4 Å². The van der Waals surface area contributed by atoms with Crippen LogP contribution in [0, 0.1) is 0 Å². The summed E-state index contributed by atoms with van der Waals surface area (Å²) < 4.78 is 0. The van der Waals surface area contributed by atoms with Crippen LogP contribution in [0.5, 0.6) is 0 Å². The molecule has 6 heteroatoms. The van der Waals surface area contributed by atoms with Gasteiger partial charge in [0.15, 0.2) is 0 Å². The van der Waals surface area contributed by atoms with E-state index < -0.39 is 12.1 Å². The highest BCUT2D eigenvalue weighted by Gasteiger charge is 2.18. The third-order valence-electron chi connectivity index (χ3n) is 3.28. The monoisotopic (exact) mass is 358 g/mol. The highest BCUT2D eigenvalue weighted by atomic mass is 35.5. The summed E-state index contributed by atoms with van der Waals surface area (Å²) in [7, 11) is 0. The summed E-state index contributed by atoms with van der Waals surface area (Å²) in [5, 5.41) is 19.9. The van der Waals surface area contributed by atoms with Gasteiger partial charge in [-0.15, -0.1) is 0 Å². The third kappa shape index (κ3) is 4.14. The number of aliphatic hydroxyl groups excluding tert-OH is 1. The Bertz CT molecular complexity index is 661. The Labute approximate surface area is 143 Å². The van der Waals surface area contributed by atoms with E-state index in [9.17, 15) is 9.90 Å². The average molecular weight is 360 g/mol. The van der Waals surface area contributed by atoms with Crippen LogP contribution in [0.15, 0.2) is 36.4 Å². The number of aryl methyl sites for hydroxylation is 1. The highest BCUT2D eigenvalue weighted by molar-refractivity contribution is 6.39. The molecule has 0 saturated carbocycles. The van der Waals surface area contributed by atoms with E-state index >= 15 is 0 Å². The molecule has 2 aromatic rings. The molecule has 0 aromatic heterocycles. The molecule has 0 heterocycles. The second kappa shape index (κ2) is 7.34. The van der Waals surface area contributed by atoms with Crippen molar-refractivity contribution in [3.05, 3.63) is 68.2 Å². The molecule has 116 valence electrons. The van der Waals surface area contributed by atoms with Crippen molar-refractivity contribution < 1.29 is 15.0 Å². The van der Waals surface area contributed by atoms with Gasteiger partial charge in [0.2, 0.25) is 0 Å². The Hall–Kier alpha value is -1.26. The van der Waals surface area contributed by atoms with Crippen LogP contribution < -0.4 is 0 Å². The zero-order valence-electron chi connectivity index (χ0n) is 11.4. The molecule has 0 aliphatic rings. The maximum atomic E-state index is 11.0. The van der Waals surface area contributed by atoms with Crippen molar-refractivity contribution >= 4 is 40.8 Å². The van der Waals surface area contributed by atoms with Crippen molar-refractivity contribution in [1.82, 2.24) is 0 Å². The van der Waals surface area contributed by atoms with Crippen LogP contribution in [0.2, 0.25) is 15.1 Å². The molecule has 0 radical (unpaired) electrons. The van der Waals surface area contributed by atoms with Gasteiger partial charge in [0.1, 0.15) is 0 Å². The van der Waals surface area contributed by atoms with E-state index in [-0.39, 0.29) is 15.6 Å². The number of rotatable bonds is 5. The van der Waals surface area contributed by atoms with Crippen molar-refractivity contribution in [2.24, 2.45) is 0 Å². The van der Waals surface area contributed by atoms with Crippen molar-refractivity contribution in [1.29, 1.82) is 0 Å². The molecule has 1 unspecified atom stereocenters. The molecule has 2 aromatic carbocycles. The molecule has 22 heavy (non-hydrogen) atoms. The van der Waals surface area contributed by atoms with Gasteiger partial charge in [0.05, 0.1) is 21.7 Å². The number of hydrogen-bond acceptors (Lipinski definition) is 2. The average Bonchev–Trinajstić information content (AvgIpc) is 2.45. The molecule has 2 rings (SSSR count). The number of aromatic carboxylic acids is 1. The molecule has 3 nitrogen and oxygen atoms in total. The quantitative estimate of drug-likeness (QED) is 0.789. The van der Waals surface area contributed by atoms with E-state index in [0.717, 1.165) is 5.56 Å². The number of carboxylic acids is 1. The Morgan fingerprint density at radius 3 is 2.09 bits per heavy atom. The topological polar surface area (TPSA) is 57.5 Å². The van der Waals surface area contributed by atoms with Gasteiger partial charge in [0.25, 0.3) is 0 Å². The Balaban J connectivity index is 2.11. The predicted molar refractivity (Wildman–Crippen MR) is 88.2 cm³/mol. The van der Waals surface area contributed by atoms with Gasteiger partial charge >= 0.3 is 5.97 Å². The fourth-order valence-electron chi connectivity index (χ4n) is 2.11. The summed E-state index contributed by atoms with van der Waals surface area (Å²) in [6.45, 7) is 0. The van der Waals surface area contributed by atoms with Crippen LogP contribution in [0.25, 0.3) is 0 Å². The fraction of sp³-hybridized carbons (Fsp3) is 0.188. The summed E-state index contributed by atoms with van der Waals surface area (Å²) in [6.07, 6.45) is 0.322. The molecule has 0 fully saturated rings. The zero-order chi connectivity index (χ0) is 16.3. The number of carboxylic acid groups (broad SMARTS) is 1. The molecule has 0 saturated heterocycles. The minimum absolute atomic E-state index is 0.0144. The Kier molecular flexibility index (Phi) is 5.70. The summed E-state index contributed by atoms with van der Waals surface area (Å²) in [5.41, 5.74) is 1.38. The smallest absolute Gasteiger partial charge is 0.338 e. The van der Waals surface area contributed by atoms with Gasteiger partial charge in [-0.25, -0.2) is 4.79 Å². The molecule has 0 spiro atoms. The fourth-order valence-corrected chi connectivity index (χ4v) is 2.90. The van der Waals surface area contributed by atoms with Crippen LogP contribution in [0.1, 0.15) is 34.0 Å². The standard InChI is InChI=1S/C16H13Cl3O3/c17-11-4-1-9(2-5-11)3-6-14(20)10-7-12(18)15(16(21)22)13(19)8-10/h1-2,4-5,7-8,14,20H,3,6H2,(H,21,22). The van der Waals surface area contributed by atoms with Crippen molar-refractivity contribution in [3.8, 4) is 0 Å². The summed E-state index contributed by atoms with van der Waals surface area (Å²) >= 11 is 17.7. The van der Waals surface area contributed by atoms with E-state index in [4.69, 9.17) is 39.9 Å². The van der Waals surface area contributed by atoms with Crippen molar-refractivity contribution in [2.45, 2.75) is 18.9 Å². The molecular weight excluding hydrogens is 347 g/mol. The summed E-state index contributed by atoms with van der Waals surface area (Å²) in [5.74, 6) is -1.20. The molecule has 0 aliphatic carbocycles. The van der Waals surface area contributed by atoms with Gasteiger partial charge in [0, 0.05) is 5.02 Å². The largest absolute Gasteiger partial charge is 0.478 e. The second-order valence-corrected chi connectivity index (χ2v) is 6.10. The SMILES string of the molecule is O=C(O)c1c(Cl)cc(C(O)CCc2ccc(Cl)cc2)cc1Cl. The molecular formula is C16H13Cl3O3. The molecule has 1 atom stereocenters. The lowest BCUT2D eigenvalue weighted by Crippen LogP contribution is -2.04. The minimum Gasteiger partial charge on any atom is -0.478 e. The number of halogens is 3.